The van der Waals surface area contributed by atoms with Gasteiger partial charge in [0.15, 0.2) is 0 Å². The number of rotatable bonds is 3. The fourth-order valence-corrected chi connectivity index (χ4v) is 2.04. The molecule has 0 unspecified atom stereocenters. The molecule has 3 nitrogen and oxygen atoms in total. The molecule has 1 aliphatic heterocycles. The van der Waals surface area contributed by atoms with Crippen molar-refractivity contribution in [2.45, 2.75) is 33.4 Å². The van der Waals surface area contributed by atoms with Crippen LogP contribution >= 0.6 is 0 Å². The molecule has 0 fully saturated rings. The maximum Gasteiger partial charge on any atom is 0.118 e. The van der Waals surface area contributed by atoms with Crippen molar-refractivity contribution in [3.05, 3.63) is 34.8 Å². The normalized spacial score (nSPS) is 17.6. The van der Waals surface area contributed by atoms with E-state index in [2.05, 4.69) is 24.0 Å². The van der Waals surface area contributed by atoms with Crippen LogP contribution in [0, 0.1) is 6.92 Å². The van der Waals surface area contributed by atoms with Gasteiger partial charge in [0.1, 0.15) is 11.5 Å². The van der Waals surface area contributed by atoms with Crippen LogP contribution < -0.4 is 5.73 Å². The van der Waals surface area contributed by atoms with E-state index in [1.54, 1.807) is 0 Å². The van der Waals surface area contributed by atoms with Crippen molar-refractivity contribution >= 4 is 0 Å². The molecule has 1 aromatic rings. The van der Waals surface area contributed by atoms with Crippen molar-refractivity contribution in [3.63, 3.8) is 0 Å². The molecule has 0 saturated carbocycles. The second-order valence-corrected chi connectivity index (χ2v) is 4.53. The topological polar surface area (TPSA) is 42.4 Å². The van der Waals surface area contributed by atoms with Crippen molar-refractivity contribution in [2.24, 2.45) is 5.73 Å². The molecular formula is C13H20N2O. The van der Waals surface area contributed by atoms with Gasteiger partial charge in [-0.2, -0.15) is 0 Å². The van der Waals surface area contributed by atoms with Crippen LogP contribution in [0.15, 0.2) is 22.1 Å². The highest BCUT2D eigenvalue weighted by Crippen LogP contribution is 2.18. The Kier molecular flexibility index (Phi) is 3.46. The lowest BCUT2D eigenvalue weighted by atomic mass is 10.1. The van der Waals surface area contributed by atoms with Gasteiger partial charge >= 0.3 is 0 Å². The molecule has 0 amide bonds. The lowest BCUT2D eigenvalue weighted by Crippen LogP contribution is -2.27. The molecule has 0 atom stereocenters. The van der Waals surface area contributed by atoms with E-state index in [4.69, 9.17) is 10.2 Å². The fourth-order valence-electron chi connectivity index (χ4n) is 2.04. The van der Waals surface area contributed by atoms with Crippen molar-refractivity contribution in [1.29, 1.82) is 0 Å². The van der Waals surface area contributed by atoms with E-state index in [0.29, 0.717) is 6.54 Å². The Morgan fingerprint density at radius 3 is 2.81 bits per heavy atom. The highest BCUT2D eigenvalue weighted by atomic mass is 16.3. The average Bonchev–Trinajstić information content (AvgIpc) is 2.62. The lowest BCUT2D eigenvalue weighted by molar-refractivity contribution is 0.259. The largest absolute Gasteiger partial charge is 0.465 e. The summed E-state index contributed by atoms with van der Waals surface area (Å²) in [6.45, 7) is 7.79. The molecule has 3 heteroatoms. The summed E-state index contributed by atoms with van der Waals surface area (Å²) >= 11 is 0. The minimum Gasteiger partial charge on any atom is -0.465 e. The van der Waals surface area contributed by atoms with Crippen LogP contribution in [0.1, 0.15) is 30.4 Å². The zero-order valence-electron chi connectivity index (χ0n) is 10.1. The summed E-state index contributed by atoms with van der Waals surface area (Å²) in [5.41, 5.74) is 8.25. The third kappa shape index (κ3) is 2.54. The van der Waals surface area contributed by atoms with E-state index in [9.17, 15) is 0 Å². The van der Waals surface area contributed by atoms with Crippen LogP contribution in [0.2, 0.25) is 0 Å². The second-order valence-electron chi connectivity index (χ2n) is 4.53. The first kappa shape index (κ1) is 11.4. The zero-order valence-corrected chi connectivity index (χ0v) is 10.1. The van der Waals surface area contributed by atoms with E-state index in [-0.39, 0.29) is 0 Å². The number of hydrogen-bond donors (Lipinski definition) is 1. The minimum atomic E-state index is 0.564. The van der Waals surface area contributed by atoms with Gasteiger partial charge in [-0.15, -0.1) is 0 Å². The van der Waals surface area contributed by atoms with Gasteiger partial charge in [0.2, 0.25) is 0 Å². The monoisotopic (exact) mass is 220 g/mol. The summed E-state index contributed by atoms with van der Waals surface area (Å²) in [6.07, 6.45) is 3.46. The molecule has 0 radical (unpaired) electrons. The molecule has 2 N–H and O–H groups in total. The first-order valence-corrected chi connectivity index (χ1v) is 5.85. The maximum absolute atomic E-state index is 5.69. The summed E-state index contributed by atoms with van der Waals surface area (Å²) in [6, 6.07) is 2.08. The molecule has 16 heavy (non-hydrogen) atoms. The summed E-state index contributed by atoms with van der Waals surface area (Å²) in [4.78, 5) is 2.39. The molecule has 1 aromatic heterocycles. The summed E-state index contributed by atoms with van der Waals surface area (Å²) < 4.78 is 5.69. The average molecular weight is 220 g/mol. The maximum atomic E-state index is 5.69. The van der Waals surface area contributed by atoms with Gasteiger partial charge in [-0.3, -0.25) is 4.90 Å². The number of furan rings is 1. The number of nitrogens with two attached hydrogens (primary N) is 1. The molecule has 2 rings (SSSR count). The molecule has 1 aliphatic rings. The Labute approximate surface area is 96.9 Å². The van der Waals surface area contributed by atoms with E-state index >= 15 is 0 Å². The molecule has 0 bridgehead atoms. The Balaban J connectivity index is 1.99. The Morgan fingerprint density at radius 1 is 1.44 bits per heavy atom. The SMILES string of the molecule is CC1=CCN(Cc2cc(CN)c(C)o2)CC1. The van der Waals surface area contributed by atoms with E-state index < -0.39 is 0 Å². The van der Waals surface area contributed by atoms with Gasteiger partial charge in [0.05, 0.1) is 6.54 Å². The quantitative estimate of drug-likeness (QED) is 0.794. The van der Waals surface area contributed by atoms with Gasteiger partial charge in [-0.25, -0.2) is 0 Å². The van der Waals surface area contributed by atoms with Crippen molar-refractivity contribution < 1.29 is 4.42 Å². The zero-order chi connectivity index (χ0) is 11.5. The number of aryl methyl sites for hydroxylation is 1. The van der Waals surface area contributed by atoms with Crippen LogP contribution in [0.3, 0.4) is 0 Å². The standard InChI is InChI=1S/C13H20N2O/c1-10-3-5-15(6-4-10)9-13-7-12(8-14)11(2)16-13/h3,7H,4-6,8-9,14H2,1-2H3. The smallest absolute Gasteiger partial charge is 0.118 e. The van der Waals surface area contributed by atoms with E-state index in [0.717, 1.165) is 36.7 Å². The molecule has 0 spiro atoms. The first-order chi connectivity index (χ1) is 7.69. The lowest BCUT2D eigenvalue weighted by Gasteiger charge is -2.23. The van der Waals surface area contributed by atoms with Crippen molar-refractivity contribution in [2.75, 3.05) is 13.1 Å². The number of nitrogens with zero attached hydrogens (tertiary/aromatic N) is 1. The Morgan fingerprint density at radius 2 is 2.25 bits per heavy atom. The van der Waals surface area contributed by atoms with E-state index in [1.165, 1.54) is 12.0 Å². The van der Waals surface area contributed by atoms with Gasteiger partial charge in [0, 0.05) is 25.2 Å². The van der Waals surface area contributed by atoms with Gasteiger partial charge in [-0.05, 0) is 26.3 Å². The van der Waals surface area contributed by atoms with Gasteiger partial charge in [0.25, 0.3) is 0 Å². The molecule has 2 heterocycles. The molecular weight excluding hydrogens is 200 g/mol. The molecule has 0 aliphatic carbocycles. The van der Waals surface area contributed by atoms with Crippen LogP contribution in [0.5, 0.6) is 0 Å². The van der Waals surface area contributed by atoms with Crippen molar-refractivity contribution in [1.82, 2.24) is 4.90 Å². The molecule has 0 aromatic carbocycles. The third-order valence-corrected chi connectivity index (χ3v) is 3.19. The second kappa shape index (κ2) is 4.85. The summed E-state index contributed by atoms with van der Waals surface area (Å²) in [5, 5.41) is 0. The molecule has 88 valence electrons. The summed E-state index contributed by atoms with van der Waals surface area (Å²) in [7, 11) is 0. The minimum absolute atomic E-state index is 0.564. The van der Waals surface area contributed by atoms with Crippen molar-refractivity contribution in [3.8, 4) is 0 Å². The van der Waals surface area contributed by atoms with Crippen LogP contribution in [0.4, 0.5) is 0 Å². The number of hydrogen-bond acceptors (Lipinski definition) is 3. The third-order valence-electron chi connectivity index (χ3n) is 3.19. The summed E-state index contributed by atoms with van der Waals surface area (Å²) in [5.74, 6) is 1.99. The Hall–Kier alpha value is -1.06. The van der Waals surface area contributed by atoms with Crippen LogP contribution in [0.25, 0.3) is 0 Å². The highest BCUT2D eigenvalue weighted by molar-refractivity contribution is 5.20. The van der Waals surface area contributed by atoms with Crippen LogP contribution in [-0.4, -0.2) is 18.0 Å². The van der Waals surface area contributed by atoms with Gasteiger partial charge in [-0.1, -0.05) is 11.6 Å². The fraction of sp³-hybridized carbons (Fsp3) is 0.538. The predicted molar refractivity (Wildman–Crippen MR) is 65.0 cm³/mol. The van der Waals surface area contributed by atoms with Gasteiger partial charge < -0.3 is 10.2 Å². The first-order valence-electron chi connectivity index (χ1n) is 5.85. The van der Waals surface area contributed by atoms with E-state index in [1.807, 2.05) is 6.92 Å². The highest BCUT2D eigenvalue weighted by Gasteiger charge is 2.13. The van der Waals surface area contributed by atoms with Crippen LogP contribution in [-0.2, 0) is 13.1 Å². The molecule has 0 saturated heterocycles. The predicted octanol–water partition coefficient (Wildman–Crippen LogP) is 2.20. The Bertz CT molecular complexity index is 393.